The molecule has 0 spiro atoms. The molecule has 1 saturated heterocycles. The Labute approximate surface area is 112 Å². The van der Waals surface area contributed by atoms with Crippen LogP contribution in [0.25, 0.3) is 0 Å². The Kier molecular flexibility index (Phi) is 3.31. The van der Waals surface area contributed by atoms with Crippen LogP contribution in [0.5, 0.6) is 0 Å². The summed E-state index contributed by atoms with van der Waals surface area (Å²) in [5, 5.41) is 0. The van der Waals surface area contributed by atoms with Gasteiger partial charge in [-0.3, -0.25) is 4.79 Å². The number of hydrogen-bond donors (Lipinski definition) is 0. The summed E-state index contributed by atoms with van der Waals surface area (Å²) in [6, 6.07) is 10.1. The minimum atomic E-state index is 0.0541. The van der Waals surface area contributed by atoms with Gasteiger partial charge in [-0.25, -0.2) is 4.98 Å². The van der Waals surface area contributed by atoms with Crippen LogP contribution in [0.15, 0.2) is 42.7 Å². The van der Waals surface area contributed by atoms with Crippen LogP contribution < -0.4 is 0 Å². The molecule has 1 aromatic heterocycles. The van der Waals surface area contributed by atoms with Gasteiger partial charge in [0.15, 0.2) is 5.82 Å². The first-order valence-corrected chi connectivity index (χ1v) is 6.69. The Morgan fingerprint density at radius 3 is 2.63 bits per heavy atom. The lowest BCUT2D eigenvalue weighted by atomic mass is 10.2. The van der Waals surface area contributed by atoms with Gasteiger partial charge >= 0.3 is 0 Å². The lowest BCUT2D eigenvalue weighted by molar-refractivity contribution is 0.0776. The molecule has 1 amide bonds. The molecule has 98 valence electrons. The van der Waals surface area contributed by atoms with Crippen molar-refractivity contribution in [3.8, 4) is 0 Å². The van der Waals surface area contributed by atoms with Gasteiger partial charge in [-0.1, -0.05) is 30.3 Å². The van der Waals surface area contributed by atoms with Crippen molar-refractivity contribution in [2.75, 3.05) is 13.1 Å². The van der Waals surface area contributed by atoms with E-state index in [1.54, 1.807) is 6.20 Å². The SMILES string of the molecule is O=C(c1nccn1Cc1ccccc1)N1CCCC1. The van der Waals surface area contributed by atoms with Crippen molar-refractivity contribution >= 4 is 5.91 Å². The van der Waals surface area contributed by atoms with Gasteiger partial charge < -0.3 is 9.47 Å². The summed E-state index contributed by atoms with van der Waals surface area (Å²) in [4.78, 5) is 18.5. The topological polar surface area (TPSA) is 38.1 Å². The third kappa shape index (κ3) is 2.52. The number of carbonyl (C=O) groups is 1. The molecule has 1 aromatic carbocycles. The van der Waals surface area contributed by atoms with Gasteiger partial charge in [-0.05, 0) is 18.4 Å². The van der Waals surface area contributed by atoms with E-state index in [4.69, 9.17) is 0 Å². The zero-order valence-electron chi connectivity index (χ0n) is 10.8. The molecular formula is C15H17N3O. The third-order valence-corrected chi connectivity index (χ3v) is 3.50. The number of likely N-dealkylation sites (tertiary alicyclic amines) is 1. The first-order valence-electron chi connectivity index (χ1n) is 6.69. The Morgan fingerprint density at radius 2 is 1.89 bits per heavy atom. The average molecular weight is 255 g/mol. The van der Waals surface area contributed by atoms with Gasteiger partial charge in [-0.15, -0.1) is 0 Å². The Hall–Kier alpha value is -2.10. The molecule has 0 N–H and O–H groups in total. The first-order chi connectivity index (χ1) is 9.34. The van der Waals surface area contributed by atoms with Gasteiger partial charge in [0.05, 0.1) is 0 Å². The predicted octanol–water partition coefficient (Wildman–Crippen LogP) is 2.17. The van der Waals surface area contributed by atoms with Crippen LogP contribution in [0.3, 0.4) is 0 Å². The monoisotopic (exact) mass is 255 g/mol. The Morgan fingerprint density at radius 1 is 1.16 bits per heavy atom. The molecule has 19 heavy (non-hydrogen) atoms. The first kappa shape index (κ1) is 12.0. The summed E-state index contributed by atoms with van der Waals surface area (Å²) >= 11 is 0. The number of amides is 1. The highest BCUT2D eigenvalue weighted by atomic mass is 16.2. The predicted molar refractivity (Wildman–Crippen MR) is 72.9 cm³/mol. The zero-order valence-corrected chi connectivity index (χ0v) is 10.8. The van der Waals surface area contributed by atoms with E-state index < -0.39 is 0 Å². The van der Waals surface area contributed by atoms with Crippen LogP contribution in [0.4, 0.5) is 0 Å². The van der Waals surface area contributed by atoms with E-state index in [9.17, 15) is 4.79 Å². The number of imidazole rings is 1. The van der Waals surface area contributed by atoms with Crippen LogP contribution in [0.2, 0.25) is 0 Å². The molecule has 1 aliphatic rings. The number of carbonyl (C=O) groups excluding carboxylic acids is 1. The summed E-state index contributed by atoms with van der Waals surface area (Å²) < 4.78 is 1.93. The highest BCUT2D eigenvalue weighted by Crippen LogP contribution is 2.13. The molecule has 0 radical (unpaired) electrons. The molecule has 0 aliphatic carbocycles. The van der Waals surface area contributed by atoms with E-state index >= 15 is 0 Å². The maximum Gasteiger partial charge on any atom is 0.289 e. The molecular weight excluding hydrogens is 238 g/mol. The molecule has 1 fully saturated rings. The largest absolute Gasteiger partial charge is 0.336 e. The lowest BCUT2D eigenvalue weighted by Gasteiger charge is -2.15. The normalized spacial score (nSPS) is 14.8. The Balaban J connectivity index is 1.80. The van der Waals surface area contributed by atoms with Crippen molar-refractivity contribution in [3.05, 3.63) is 54.1 Å². The van der Waals surface area contributed by atoms with Gasteiger partial charge in [-0.2, -0.15) is 0 Å². The maximum absolute atomic E-state index is 12.4. The van der Waals surface area contributed by atoms with Gasteiger partial charge in [0.2, 0.25) is 0 Å². The second kappa shape index (κ2) is 5.26. The molecule has 0 saturated carbocycles. The van der Waals surface area contributed by atoms with Crippen molar-refractivity contribution in [1.29, 1.82) is 0 Å². The Bertz CT molecular complexity index is 556. The summed E-state index contributed by atoms with van der Waals surface area (Å²) in [6.45, 7) is 2.41. The van der Waals surface area contributed by atoms with E-state index in [1.165, 1.54) is 5.56 Å². The van der Waals surface area contributed by atoms with E-state index in [0.717, 1.165) is 25.9 Å². The molecule has 3 rings (SSSR count). The standard InChI is InChI=1S/C15H17N3O/c19-15(17-9-4-5-10-17)14-16-8-11-18(14)12-13-6-2-1-3-7-13/h1-3,6-8,11H,4-5,9-10,12H2. The fourth-order valence-corrected chi connectivity index (χ4v) is 2.48. The van der Waals surface area contributed by atoms with Crippen molar-refractivity contribution < 1.29 is 4.79 Å². The van der Waals surface area contributed by atoms with Crippen LogP contribution in [0, 0.1) is 0 Å². The van der Waals surface area contributed by atoms with E-state index in [0.29, 0.717) is 12.4 Å². The molecule has 4 heteroatoms. The number of nitrogens with zero attached hydrogens (tertiary/aromatic N) is 3. The molecule has 0 bridgehead atoms. The summed E-state index contributed by atoms with van der Waals surface area (Å²) in [5.41, 5.74) is 1.18. The number of rotatable bonds is 3. The fraction of sp³-hybridized carbons (Fsp3) is 0.333. The van der Waals surface area contributed by atoms with Crippen molar-refractivity contribution in [2.45, 2.75) is 19.4 Å². The quantitative estimate of drug-likeness (QED) is 0.843. The number of aromatic nitrogens is 2. The van der Waals surface area contributed by atoms with E-state index in [1.807, 2.05) is 33.9 Å². The van der Waals surface area contributed by atoms with Crippen LogP contribution in [-0.4, -0.2) is 33.4 Å². The molecule has 2 heterocycles. The van der Waals surface area contributed by atoms with Crippen LogP contribution in [-0.2, 0) is 6.54 Å². The highest BCUT2D eigenvalue weighted by Gasteiger charge is 2.23. The van der Waals surface area contributed by atoms with Crippen molar-refractivity contribution in [1.82, 2.24) is 14.5 Å². The van der Waals surface area contributed by atoms with Gasteiger partial charge in [0.1, 0.15) is 0 Å². The molecule has 1 aliphatic heterocycles. The van der Waals surface area contributed by atoms with Crippen LogP contribution >= 0.6 is 0 Å². The van der Waals surface area contributed by atoms with E-state index in [-0.39, 0.29) is 5.91 Å². The van der Waals surface area contributed by atoms with Crippen molar-refractivity contribution in [2.24, 2.45) is 0 Å². The highest BCUT2D eigenvalue weighted by molar-refractivity contribution is 5.91. The van der Waals surface area contributed by atoms with E-state index in [2.05, 4.69) is 17.1 Å². The zero-order chi connectivity index (χ0) is 13.1. The number of benzene rings is 1. The second-order valence-electron chi connectivity index (χ2n) is 4.86. The lowest BCUT2D eigenvalue weighted by Crippen LogP contribution is -2.30. The minimum Gasteiger partial charge on any atom is -0.336 e. The smallest absolute Gasteiger partial charge is 0.289 e. The van der Waals surface area contributed by atoms with Crippen molar-refractivity contribution in [3.63, 3.8) is 0 Å². The molecule has 4 nitrogen and oxygen atoms in total. The third-order valence-electron chi connectivity index (χ3n) is 3.50. The summed E-state index contributed by atoms with van der Waals surface area (Å²) in [5.74, 6) is 0.601. The summed E-state index contributed by atoms with van der Waals surface area (Å²) in [7, 11) is 0. The average Bonchev–Trinajstić information content (AvgIpc) is 3.10. The fourth-order valence-electron chi connectivity index (χ4n) is 2.48. The van der Waals surface area contributed by atoms with Crippen LogP contribution in [0.1, 0.15) is 29.0 Å². The maximum atomic E-state index is 12.4. The van der Waals surface area contributed by atoms with Gasteiger partial charge in [0.25, 0.3) is 5.91 Å². The number of hydrogen-bond acceptors (Lipinski definition) is 2. The second-order valence-corrected chi connectivity index (χ2v) is 4.86. The molecule has 0 atom stereocenters. The molecule has 2 aromatic rings. The molecule has 0 unspecified atom stereocenters. The minimum absolute atomic E-state index is 0.0541. The van der Waals surface area contributed by atoms with Gasteiger partial charge in [0, 0.05) is 32.0 Å². The summed E-state index contributed by atoms with van der Waals surface area (Å²) in [6.07, 6.45) is 5.78.